The number of benzene rings is 3. The number of aliphatic hydroxyl groups excluding tert-OH is 1. The van der Waals surface area contributed by atoms with Crippen molar-refractivity contribution in [2.24, 2.45) is 5.92 Å². The number of ether oxygens (including phenoxy) is 2. The van der Waals surface area contributed by atoms with E-state index in [1.165, 1.54) is 11.8 Å². The summed E-state index contributed by atoms with van der Waals surface area (Å²) in [4.78, 5) is 28.5. The summed E-state index contributed by atoms with van der Waals surface area (Å²) >= 11 is 1.34. The lowest BCUT2D eigenvalue weighted by Gasteiger charge is -2.41. The molecule has 1 fully saturated rings. The lowest BCUT2D eigenvalue weighted by Crippen LogP contribution is -2.38. The van der Waals surface area contributed by atoms with Crippen molar-refractivity contribution < 1.29 is 29.3 Å². The lowest BCUT2D eigenvalue weighted by molar-refractivity contribution is -0.268. The normalized spacial score (nSPS) is 20.3. The monoisotopic (exact) mass is 570 g/mol. The Morgan fingerprint density at radius 3 is 2.29 bits per heavy atom. The molecule has 0 unspecified atom stereocenters. The molecule has 8 nitrogen and oxygen atoms in total. The van der Waals surface area contributed by atoms with Gasteiger partial charge in [0, 0.05) is 34.7 Å². The number of carboxylic acids is 1. The Morgan fingerprint density at radius 2 is 1.61 bits per heavy atom. The zero-order chi connectivity index (χ0) is 28.8. The fourth-order valence-corrected chi connectivity index (χ4v) is 5.81. The summed E-state index contributed by atoms with van der Waals surface area (Å²) in [5.41, 5.74) is 3.91. The SMILES string of the molecule is C[C@@H]1[C@H](CSc2ncccc2C(=O)O)O[C@H](c2ccc(NC(=O)c3ccccc3)cc2)O[C@@H]1c1ccc(CO)cc1. The van der Waals surface area contributed by atoms with Crippen molar-refractivity contribution in [3.63, 3.8) is 0 Å². The van der Waals surface area contributed by atoms with Gasteiger partial charge in [-0.15, -0.1) is 11.8 Å². The molecule has 2 heterocycles. The van der Waals surface area contributed by atoms with Gasteiger partial charge in [0.1, 0.15) is 5.03 Å². The molecule has 3 N–H and O–H groups in total. The van der Waals surface area contributed by atoms with Gasteiger partial charge in [0.2, 0.25) is 0 Å². The Bertz CT molecular complexity index is 1480. The molecular weight excluding hydrogens is 540 g/mol. The predicted molar refractivity (Wildman–Crippen MR) is 156 cm³/mol. The number of carbonyl (C=O) groups excluding carboxylic acids is 1. The number of hydrogen-bond donors (Lipinski definition) is 3. The molecular formula is C32H30N2O6S. The molecule has 1 aromatic heterocycles. The van der Waals surface area contributed by atoms with Crippen molar-refractivity contribution >= 4 is 29.3 Å². The molecule has 9 heteroatoms. The maximum atomic E-state index is 12.6. The van der Waals surface area contributed by atoms with Crippen LogP contribution in [0, 0.1) is 5.92 Å². The third kappa shape index (κ3) is 6.83. The first-order valence-corrected chi connectivity index (χ1v) is 14.2. The number of aromatic nitrogens is 1. The first-order valence-electron chi connectivity index (χ1n) is 13.2. The van der Waals surface area contributed by atoms with Crippen LogP contribution in [-0.2, 0) is 16.1 Å². The summed E-state index contributed by atoms with van der Waals surface area (Å²) in [7, 11) is 0. The first kappa shape index (κ1) is 28.5. The molecule has 41 heavy (non-hydrogen) atoms. The molecule has 4 aromatic rings. The van der Waals surface area contributed by atoms with Gasteiger partial charge in [0.25, 0.3) is 5.91 Å². The number of amides is 1. The summed E-state index contributed by atoms with van der Waals surface area (Å²) < 4.78 is 12.9. The van der Waals surface area contributed by atoms with E-state index in [1.807, 2.05) is 73.7 Å². The van der Waals surface area contributed by atoms with Gasteiger partial charge >= 0.3 is 5.97 Å². The van der Waals surface area contributed by atoms with E-state index < -0.39 is 12.3 Å². The van der Waals surface area contributed by atoms with Crippen molar-refractivity contribution in [3.05, 3.63) is 125 Å². The molecule has 5 rings (SSSR count). The highest BCUT2D eigenvalue weighted by Gasteiger charge is 2.38. The van der Waals surface area contributed by atoms with Crippen LogP contribution in [0.25, 0.3) is 0 Å². The number of aromatic carboxylic acids is 1. The van der Waals surface area contributed by atoms with Crippen LogP contribution in [0.3, 0.4) is 0 Å². The van der Waals surface area contributed by atoms with Crippen molar-refractivity contribution in [2.45, 2.75) is 37.1 Å². The molecule has 0 bridgehead atoms. The van der Waals surface area contributed by atoms with Crippen molar-refractivity contribution in [1.82, 2.24) is 4.98 Å². The van der Waals surface area contributed by atoms with Crippen LogP contribution in [0.2, 0.25) is 0 Å². The minimum atomic E-state index is -1.03. The van der Waals surface area contributed by atoms with Crippen LogP contribution in [-0.4, -0.2) is 38.9 Å². The third-order valence-electron chi connectivity index (χ3n) is 6.99. The van der Waals surface area contributed by atoms with E-state index in [2.05, 4.69) is 10.3 Å². The second-order valence-corrected chi connectivity index (χ2v) is 10.7. The highest BCUT2D eigenvalue weighted by atomic mass is 32.2. The Hall–Kier alpha value is -4.02. The van der Waals surface area contributed by atoms with Gasteiger partial charge < -0.3 is 25.0 Å². The van der Waals surface area contributed by atoms with Crippen LogP contribution >= 0.6 is 11.8 Å². The number of nitrogens with one attached hydrogen (secondary N) is 1. The van der Waals surface area contributed by atoms with Gasteiger partial charge in [-0.25, -0.2) is 9.78 Å². The Balaban J connectivity index is 1.36. The molecule has 1 saturated heterocycles. The summed E-state index contributed by atoms with van der Waals surface area (Å²) in [6, 6.07) is 27.1. The lowest BCUT2D eigenvalue weighted by atomic mass is 9.91. The quantitative estimate of drug-likeness (QED) is 0.206. The topological polar surface area (TPSA) is 118 Å². The van der Waals surface area contributed by atoms with Gasteiger partial charge in [0.05, 0.1) is 24.4 Å². The van der Waals surface area contributed by atoms with E-state index in [1.54, 1.807) is 30.5 Å². The van der Waals surface area contributed by atoms with Crippen molar-refractivity contribution in [3.8, 4) is 0 Å². The maximum absolute atomic E-state index is 12.6. The highest BCUT2D eigenvalue weighted by Crippen LogP contribution is 2.43. The molecule has 3 aromatic carbocycles. The fourth-order valence-electron chi connectivity index (χ4n) is 4.66. The average Bonchev–Trinajstić information content (AvgIpc) is 3.01. The Kier molecular flexibility index (Phi) is 9.11. The summed E-state index contributed by atoms with van der Waals surface area (Å²) in [6.07, 6.45) is 0.283. The molecule has 210 valence electrons. The second-order valence-electron chi connectivity index (χ2n) is 9.74. The molecule has 1 amide bonds. The van der Waals surface area contributed by atoms with E-state index in [-0.39, 0.29) is 36.2 Å². The standard InChI is InChI=1S/C32H30N2O6S/c1-20-27(19-41-30-26(31(37)38)8-5-17-33-30)39-32(40-28(20)22-11-9-21(18-35)10-12-22)24-13-15-25(16-14-24)34-29(36)23-6-3-2-4-7-23/h2-17,20,27-28,32,35H,18-19H2,1H3,(H,34,36)(H,37,38)/t20-,27+,28+,32+/m1/s1. The smallest absolute Gasteiger partial charge is 0.338 e. The van der Waals surface area contributed by atoms with E-state index in [9.17, 15) is 19.8 Å². The molecule has 1 aliphatic heterocycles. The van der Waals surface area contributed by atoms with Crippen LogP contribution in [0.15, 0.2) is 102 Å². The first-order chi connectivity index (χ1) is 19.9. The number of hydrogen-bond acceptors (Lipinski definition) is 7. The zero-order valence-corrected chi connectivity index (χ0v) is 23.2. The van der Waals surface area contributed by atoms with Crippen LogP contribution in [0.5, 0.6) is 0 Å². The molecule has 1 aliphatic rings. The number of rotatable bonds is 9. The Morgan fingerprint density at radius 1 is 0.902 bits per heavy atom. The van der Waals surface area contributed by atoms with Gasteiger partial charge in [-0.1, -0.05) is 61.5 Å². The number of carbonyl (C=O) groups is 2. The van der Waals surface area contributed by atoms with E-state index >= 15 is 0 Å². The van der Waals surface area contributed by atoms with Gasteiger partial charge in [0.15, 0.2) is 6.29 Å². The third-order valence-corrected chi connectivity index (χ3v) is 8.08. The number of anilines is 1. The van der Waals surface area contributed by atoms with E-state index in [0.717, 1.165) is 16.7 Å². The van der Waals surface area contributed by atoms with Gasteiger partial charge in [-0.3, -0.25) is 4.79 Å². The number of aliphatic hydroxyl groups is 1. The summed E-state index contributed by atoms with van der Waals surface area (Å²) in [6.45, 7) is 2.00. The highest BCUT2D eigenvalue weighted by molar-refractivity contribution is 7.99. The molecule has 0 saturated carbocycles. The fraction of sp³-hybridized carbons (Fsp3) is 0.219. The van der Waals surface area contributed by atoms with Gasteiger partial charge in [-0.2, -0.15) is 0 Å². The minimum Gasteiger partial charge on any atom is -0.478 e. The molecule has 4 atom stereocenters. The van der Waals surface area contributed by atoms with Crippen LogP contribution in [0.4, 0.5) is 5.69 Å². The average molecular weight is 571 g/mol. The zero-order valence-electron chi connectivity index (χ0n) is 22.3. The van der Waals surface area contributed by atoms with E-state index in [4.69, 9.17) is 9.47 Å². The maximum Gasteiger partial charge on any atom is 0.338 e. The number of thioether (sulfide) groups is 1. The number of pyridine rings is 1. The minimum absolute atomic E-state index is 0.0461. The summed E-state index contributed by atoms with van der Waals surface area (Å²) in [5, 5.41) is 22.4. The van der Waals surface area contributed by atoms with Crippen molar-refractivity contribution in [1.29, 1.82) is 0 Å². The van der Waals surface area contributed by atoms with Gasteiger partial charge in [-0.05, 0) is 47.5 Å². The predicted octanol–water partition coefficient (Wildman–Crippen LogP) is 6.11. The molecule has 0 spiro atoms. The molecule has 0 aliphatic carbocycles. The van der Waals surface area contributed by atoms with Crippen LogP contribution in [0.1, 0.15) is 56.7 Å². The molecule has 0 radical (unpaired) electrons. The Labute approximate surface area is 242 Å². The van der Waals surface area contributed by atoms with Crippen LogP contribution < -0.4 is 5.32 Å². The van der Waals surface area contributed by atoms with Crippen molar-refractivity contribution in [2.75, 3.05) is 11.1 Å². The number of carboxylic acid groups (broad SMARTS) is 1. The number of nitrogens with zero attached hydrogens (tertiary/aromatic N) is 1. The largest absolute Gasteiger partial charge is 0.478 e. The summed E-state index contributed by atoms with van der Waals surface area (Å²) in [5.74, 6) is -0.827. The van der Waals surface area contributed by atoms with E-state index in [0.29, 0.717) is 22.0 Å². The second kappa shape index (κ2) is 13.1.